The zero-order chi connectivity index (χ0) is 18.2. The molecule has 4 nitrogen and oxygen atoms in total. The van der Waals surface area contributed by atoms with Gasteiger partial charge in [0, 0.05) is 10.7 Å². The quantitative estimate of drug-likeness (QED) is 0.369. The standard InChI is InChI=1S/C18H18Cl2N2O2S/c1-2-3-10-24-17(23)12-4-7-14(8-5-12)21-18(25)22-16-9-6-13(19)11-15(16)20/h4-9,11H,2-3,10H2,1H3,(H2,21,22,25). The van der Waals surface area contributed by atoms with Crippen molar-refractivity contribution in [3.8, 4) is 0 Å². The molecule has 2 aromatic rings. The van der Waals surface area contributed by atoms with Crippen LogP contribution in [0.15, 0.2) is 42.5 Å². The van der Waals surface area contributed by atoms with Crippen LogP contribution in [0.25, 0.3) is 0 Å². The molecule has 132 valence electrons. The first-order chi connectivity index (χ1) is 12.0. The molecule has 0 aromatic heterocycles. The molecule has 0 spiro atoms. The fourth-order valence-electron chi connectivity index (χ4n) is 1.96. The Labute approximate surface area is 162 Å². The van der Waals surface area contributed by atoms with E-state index in [0.717, 1.165) is 18.5 Å². The van der Waals surface area contributed by atoms with Gasteiger partial charge in [-0.2, -0.15) is 0 Å². The number of rotatable bonds is 6. The molecule has 2 rings (SSSR count). The van der Waals surface area contributed by atoms with Crippen molar-refractivity contribution in [1.29, 1.82) is 0 Å². The van der Waals surface area contributed by atoms with E-state index >= 15 is 0 Å². The fourth-order valence-corrected chi connectivity index (χ4v) is 2.64. The number of carbonyl (C=O) groups excluding carboxylic acids is 1. The molecule has 0 fully saturated rings. The smallest absolute Gasteiger partial charge is 0.338 e. The first-order valence-electron chi connectivity index (χ1n) is 7.80. The number of benzene rings is 2. The lowest BCUT2D eigenvalue weighted by Gasteiger charge is -2.12. The van der Waals surface area contributed by atoms with E-state index < -0.39 is 0 Å². The Hall–Kier alpha value is -1.82. The molecular weight excluding hydrogens is 379 g/mol. The molecule has 0 heterocycles. The number of hydrogen-bond acceptors (Lipinski definition) is 3. The Morgan fingerprint density at radius 2 is 1.84 bits per heavy atom. The van der Waals surface area contributed by atoms with Gasteiger partial charge in [-0.3, -0.25) is 0 Å². The third-order valence-corrected chi connectivity index (χ3v) is 4.04. The molecule has 0 saturated heterocycles. The molecule has 0 aliphatic carbocycles. The van der Waals surface area contributed by atoms with E-state index in [0.29, 0.717) is 33.0 Å². The molecule has 25 heavy (non-hydrogen) atoms. The van der Waals surface area contributed by atoms with Crippen molar-refractivity contribution >= 4 is 57.9 Å². The average Bonchev–Trinajstić information content (AvgIpc) is 2.58. The molecule has 7 heteroatoms. The molecular formula is C18H18Cl2N2O2S. The third kappa shape index (κ3) is 6.20. The van der Waals surface area contributed by atoms with Crippen molar-refractivity contribution < 1.29 is 9.53 Å². The minimum Gasteiger partial charge on any atom is -0.462 e. The summed E-state index contributed by atoms with van der Waals surface area (Å²) < 4.78 is 5.17. The zero-order valence-corrected chi connectivity index (χ0v) is 16.0. The SMILES string of the molecule is CCCCOC(=O)c1ccc(NC(=S)Nc2ccc(Cl)cc2Cl)cc1. The van der Waals surface area contributed by atoms with Crippen LogP contribution in [0.4, 0.5) is 11.4 Å². The Bertz CT molecular complexity index is 751. The Morgan fingerprint density at radius 3 is 2.48 bits per heavy atom. The van der Waals surface area contributed by atoms with Crippen LogP contribution in [0.2, 0.25) is 10.0 Å². The molecule has 2 aromatic carbocycles. The summed E-state index contributed by atoms with van der Waals surface area (Å²) in [5, 5.41) is 7.43. The normalized spacial score (nSPS) is 10.2. The zero-order valence-electron chi connectivity index (χ0n) is 13.6. The van der Waals surface area contributed by atoms with E-state index in [1.165, 1.54) is 0 Å². The molecule has 0 aliphatic heterocycles. The second-order valence-corrected chi connectivity index (χ2v) is 6.52. The van der Waals surface area contributed by atoms with Gasteiger partial charge in [0.2, 0.25) is 0 Å². The number of halogens is 2. The van der Waals surface area contributed by atoms with Gasteiger partial charge in [0.1, 0.15) is 0 Å². The number of carbonyl (C=O) groups is 1. The van der Waals surface area contributed by atoms with Crippen molar-refractivity contribution in [3.63, 3.8) is 0 Å². The van der Waals surface area contributed by atoms with Gasteiger partial charge in [0.15, 0.2) is 5.11 Å². The van der Waals surface area contributed by atoms with Gasteiger partial charge in [-0.15, -0.1) is 0 Å². The number of ether oxygens (including phenoxy) is 1. The predicted octanol–water partition coefficient (Wildman–Crippen LogP) is 5.76. The van der Waals surface area contributed by atoms with Crippen LogP contribution in [0.3, 0.4) is 0 Å². The number of anilines is 2. The molecule has 0 atom stereocenters. The molecule has 0 saturated carbocycles. The van der Waals surface area contributed by atoms with Crippen LogP contribution in [-0.2, 0) is 4.74 Å². The van der Waals surface area contributed by atoms with E-state index in [4.69, 9.17) is 40.2 Å². The average molecular weight is 397 g/mol. The summed E-state index contributed by atoms with van der Waals surface area (Å²) in [6.45, 7) is 2.48. The van der Waals surface area contributed by atoms with Gasteiger partial charge >= 0.3 is 5.97 Å². The fraction of sp³-hybridized carbons (Fsp3) is 0.222. The summed E-state index contributed by atoms with van der Waals surface area (Å²) in [7, 11) is 0. The highest BCUT2D eigenvalue weighted by Gasteiger charge is 2.08. The number of unbranched alkanes of at least 4 members (excludes halogenated alkanes) is 1. The van der Waals surface area contributed by atoms with Crippen molar-refractivity contribution in [2.24, 2.45) is 0 Å². The molecule has 0 amide bonds. The highest BCUT2D eigenvalue weighted by molar-refractivity contribution is 7.80. The van der Waals surface area contributed by atoms with Crippen molar-refractivity contribution in [3.05, 3.63) is 58.1 Å². The van der Waals surface area contributed by atoms with Gasteiger partial charge in [-0.1, -0.05) is 36.5 Å². The first kappa shape index (κ1) is 19.5. The number of nitrogens with one attached hydrogen (secondary N) is 2. The summed E-state index contributed by atoms with van der Waals surface area (Å²) in [5.41, 5.74) is 1.90. The van der Waals surface area contributed by atoms with Crippen molar-refractivity contribution in [1.82, 2.24) is 0 Å². The van der Waals surface area contributed by atoms with Crippen LogP contribution in [-0.4, -0.2) is 17.7 Å². The summed E-state index contributed by atoms with van der Waals surface area (Å²) in [4.78, 5) is 11.9. The summed E-state index contributed by atoms with van der Waals surface area (Å²) in [5.74, 6) is -0.325. The molecule has 2 N–H and O–H groups in total. The van der Waals surface area contributed by atoms with E-state index in [1.54, 1.807) is 42.5 Å². The van der Waals surface area contributed by atoms with Gasteiger partial charge in [0.25, 0.3) is 0 Å². The Morgan fingerprint density at radius 1 is 1.12 bits per heavy atom. The van der Waals surface area contributed by atoms with Crippen LogP contribution in [0.5, 0.6) is 0 Å². The van der Waals surface area contributed by atoms with Crippen molar-refractivity contribution in [2.75, 3.05) is 17.2 Å². The van der Waals surface area contributed by atoms with Crippen molar-refractivity contribution in [2.45, 2.75) is 19.8 Å². The van der Waals surface area contributed by atoms with Gasteiger partial charge in [-0.25, -0.2) is 4.79 Å². The largest absolute Gasteiger partial charge is 0.462 e. The maximum atomic E-state index is 11.9. The minimum atomic E-state index is -0.325. The highest BCUT2D eigenvalue weighted by atomic mass is 35.5. The van der Waals surface area contributed by atoms with E-state index in [1.807, 2.05) is 6.92 Å². The maximum absolute atomic E-state index is 11.9. The molecule has 0 unspecified atom stereocenters. The second kappa shape index (κ2) is 9.61. The van der Waals surface area contributed by atoms with E-state index in [-0.39, 0.29) is 5.97 Å². The maximum Gasteiger partial charge on any atom is 0.338 e. The number of thiocarbonyl (C=S) groups is 1. The Kier molecular flexibility index (Phi) is 7.50. The van der Waals surface area contributed by atoms with Crippen LogP contribution < -0.4 is 10.6 Å². The number of esters is 1. The van der Waals surface area contributed by atoms with E-state index in [9.17, 15) is 4.79 Å². The first-order valence-corrected chi connectivity index (χ1v) is 8.96. The van der Waals surface area contributed by atoms with Gasteiger partial charge in [-0.05, 0) is 61.1 Å². The minimum absolute atomic E-state index is 0.325. The van der Waals surface area contributed by atoms with Crippen LogP contribution in [0.1, 0.15) is 30.1 Å². The van der Waals surface area contributed by atoms with Crippen LogP contribution in [0, 0.1) is 0 Å². The lowest BCUT2D eigenvalue weighted by atomic mass is 10.2. The third-order valence-electron chi connectivity index (χ3n) is 3.29. The Balaban J connectivity index is 1.91. The molecule has 0 radical (unpaired) electrons. The highest BCUT2D eigenvalue weighted by Crippen LogP contribution is 2.25. The summed E-state index contributed by atoms with van der Waals surface area (Å²) >= 11 is 17.2. The van der Waals surface area contributed by atoms with Gasteiger partial charge in [0.05, 0.1) is 22.9 Å². The lowest BCUT2D eigenvalue weighted by Crippen LogP contribution is -2.19. The lowest BCUT2D eigenvalue weighted by molar-refractivity contribution is 0.0500. The predicted molar refractivity (Wildman–Crippen MR) is 108 cm³/mol. The second-order valence-electron chi connectivity index (χ2n) is 5.27. The van der Waals surface area contributed by atoms with Crippen LogP contribution >= 0.6 is 35.4 Å². The summed E-state index contributed by atoms with van der Waals surface area (Å²) in [6, 6.07) is 12.0. The topological polar surface area (TPSA) is 50.4 Å². The number of hydrogen-bond donors (Lipinski definition) is 2. The van der Waals surface area contributed by atoms with Gasteiger partial charge < -0.3 is 15.4 Å². The van der Waals surface area contributed by atoms with E-state index in [2.05, 4.69) is 10.6 Å². The monoisotopic (exact) mass is 396 g/mol. The summed E-state index contributed by atoms with van der Waals surface area (Å²) in [6.07, 6.45) is 1.84. The molecule has 0 aliphatic rings. The molecule has 0 bridgehead atoms.